The van der Waals surface area contributed by atoms with Crippen molar-refractivity contribution in [1.29, 1.82) is 0 Å². The Hall–Kier alpha value is -3.51. The van der Waals surface area contributed by atoms with Crippen LogP contribution in [0, 0.1) is 0 Å². The molecule has 0 aliphatic carbocycles. The van der Waals surface area contributed by atoms with Crippen molar-refractivity contribution in [2.75, 3.05) is 19.5 Å². The van der Waals surface area contributed by atoms with Crippen molar-refractivity contribution in [1.82, 2.24) is 0 Å². The highest BCUT2D eigenvalue weighted by Crippen LogP contribution is 2.44. The van der Waals surface area contributed by atoms with E-state index >= 15 is 0 Å². The molecule has 3 rings (SSSR count). The molecule has 0 bridgehead atoms. The molecule has 0 spiro atoms. The lowest BCUT2D eigenvalue weighted by atomic mass is 9.81. The van der Waals surface area contributed by atoms with Gasteiger partial charge in [0.15, 0.2) is 0 Å². The molecule has 0 saturated heterocycles. The number of para-hydroxylation sites is 2. The topological polar surface area (TPSA) is 77.0 Å². The zero-order chi connectivity index (χ0) is 23.1. The first-order valence-electron chi connectivity index (χ1n) is 10.4. The second-order valence-corrected chi connectivity index (χ2v) is 7.63. The van der Waals surface area contributed by atoms with Gasteiger partial charge in [-0.15, -0.1) is 0 Å². The standard InChI is InChI=1S/C26H29NO5/c1-18(2)32-26(25(29)31-4,20-10-6-5-7-11-20)24(19-14-16-21(30-3)17-15-19)27-22-12-8-9-13-23(22)28/h5-18,24,27-28H,1-4H3/t24-,26-/m0/s1. The lowest BCUT2D eigenvalue weighted by molar-refractivity contribution is -0.181. The average molecular weight is 436 g/mol. The van der Waals surface area contributed by atoms with Gasteiger partial charge in [-0.3, -0.25) is 0 Å². The molecule has 6 nitrogen and oxygen atoms in total. The fraction of sp³-hybridized carbons (Fsp3) is 0.269. The highest BCUT2D eigenvalue weighted by Gasteiger charge is 2.51. The van der Waals surface area contributed by atoms with Crippen LogP contribution in [0.15, 0.2) is 78.9 Å². The maximum atomic E-state index is 13.5. The summed E-state index contributed by atoms with van der Waals surface area (Å²) in [6.07, 6.45) is -0.304. The van der Waals surface area contributed by atoms with E-state index < -0.39 is 17.6 Å². The van der Waals surface area contributed by atoms with Crippen LogP contribution in [0.1, 0.15) is 31.0 Å². The van der Waals surface area contributed by atoms with Gasteiger partial charge < -0.3 is 24.6 Å². The Kier molecular flexibility index (Phi) is 7.38. The van der Waals surface area contributed by atoms with Gasteiger partial charge in [-0.2, -0.15) is 0 Å². The number of phenolic OH excluding ortho intramolecular Hbond substituents is 1. The number of benzene rings is 3. The summed E-state index contributed by atoms with van der Waals surface area (Å²) in [6, 6.07) is 22.7. The van der Waals surface area contributed by atoms with Crippen molar-refractivity contribution in [3.8, 4) is 11.5 Å². The van der Waals surface area contributed by atoms with Crippen LogP contribution in [-0.2, 0) is 19.9 Å². The van der Waals surface area contributed by atoms with Gasteiger partial charge in [-0.25, -0.2) is 4.79 Å². The number of rotatable bonds is 9. The van der Waals surface area contributed by atoms with Crippen molar-refractivity contribution in [3.05, 3.63) is 90.0 Å². The fourth-order valence-electron chi connectivity index (χ4n) is 3.76. The van der Waals surface area contributed by atoms with Crippen LogP contribution in [-0.4, -0.2) is 31.4 Å². The summed E-state index contributed by atoms with van der Waals surface area (Å²) in [5, 5.41) is 13.8. The molecule has 2 atom stereocenters. The number of esters is 1. The number of phenols is 1. The summed E-state index contributed by atoms with van der Waals surface area (Å²) in [4.78, 5) is 13.5. The minimum atomic E-state index is -1.54. The number of methoxy groups -OCH3 is 2. The molecule has 0 heterocycles. The quantitative estimate of drug-likeness (QED) is 0.362. The molecule has 0 aromatic heterocycles. The molecule has 0 aliphatic rings. The third-order valence-corrected chi connectivity index (χ3v) is 5.17. The van der Waals surface area contributed by atoms with Crippen LogP contribution >= 0.6 is 0 Å². The van der Waals surface area contributed by atoms with Gasteiger partial charge in [0.1, 0.15) is 11.5 Å². The van der Waals surface area contributed by atoms with Crippen molar-refractivity contribution >= 4 is 11.7 Å². The first-order valence-corrected chi connectivity index (χ1v) is 10.4. The van der Waals surface area contributed by atoms with Gasteiger partial charge in [0.25, 0.3) is 0 Å². The molecular formula is C26H29NO5. The van der Waals surface area contributed by atoms with Crippen LogP contribution in [0.5, 0.6) is 11.5 Å². The number of anilines is 1. The summed E-state index contributed by atoms with van der Waals surface area (Å²) < 4.78 is 17.0. The number of hydrogen-bond acceptors (Lipinski definition) is 6. The van der Waals surface area contributed by atoms with Gasteiger partial charge in [-0.05, 0) is 49.2 Å². The normalized spacial score (nSPS) is 13.8. The Morgan fingerprint density at radius 2 is 1.53 bits per heavy atom. The molecular weight excluding hydrogens is 406 g/mol. The van der Waals surface area contributed by atoms with Crippen LogP contribution in [0.3, 0.4) is 0 Å². The van der Waals surface area contributed by atoms with Crippen molar-refractivity contribution in [2.45, 2.75) is 31.6 Å². The van der Waals surface area contributed by atoms with Gasteiger partial charge in [0.2, 0.25) is 5.60 Å². The van der Waals surface area contributed by atoms with E-state index in [2.05, 4.69) is 5.32 Å². The predicted molar refractivity (Wildman–Crippen MR) is 124 cm³/mol. The smallest absolute Gasteiger partial charge is 0.345 e. The van der Waals surface area contributed by atoms with E-state index in [-0.39, 0.29) is 11.9 Å². The zero-order valence-corrected chi connectivity index (χ0v) is 18.7. The molecule has 32 heavy (non-hydrogen) atoms. The summed E-state index contributed by atoms with van der Waals surface area (Å²) >= 11 is 0. The number of hydrogen-bond donors (Lipinski definition) is 2. The molecule has 0 saturated carbocycles. The highest BCUT2D eigenvalue weighted by molar-refractivity contribution is 5.84. The van der Waals surface area contributed by atoms with E-state index in [1.165, 1.54) is 7.11 Å². The van der Waals surface area contributed by atoms with Gasteiger partial charge in [0.05, 0.1) is 32.1 Å². The lowest BCUT2D eigenvalue weighted by Crippen LogP contribution is -2.49. The largest absolute Gasteiger partial charge is 0.506 e. The predicted octanol–water partition coefficient (Wildman–Crippen LogP) is 5.05. The molecule has 0 radical (unpaired) electrons. The van der Waals surface area contributed by atoms with Crippen LogP contribution in [0.25, 0.3) is 0 Å². The SMILES string of the molecule is COC(=O)[C@](OC(C)C)(c1ccccc1)[C@@H](Nc1ccccc1O)c1ccc(OC)cc1. The van der Waals surface area contributed by atoms with E-state index in [1.807, 2.05) is 68.4 Å². The maximum absolute atomic E-state index is 13.5. The fourth-order valence-corrected chi connectivity index (χ4v) is 3.76. The van der Waals surface area contributed by atoms with Gasteiger partial charge in [-0.1, -0.05) is 54.6 Å². The maximum Gasteiger partial charge on any atom is 0.345 e. The Labute approximate surface area is 188 Å². The number of ether oxygens (including phenoxy) is 3. The Morgan fingerprint density at radius 1 is 0.906 bits per heavy atom. The highest BCUT2D eigenvalue weighted by atomic mass is 16.6. The summed E-state index contributed by atoms with van der Waals surface area (Å²) in [6.45, 7) is 3.73. The molecule has 2 N–H and O–H groups in total. The first kappa shape index (κ1) is 23.2. The summed E-state index contributed by atoms with van der Waals surface area (Å²) in [5.74, 6) is 0.187. The molecule has 0 amide bonds. The van der Waals surface area contributed by atoms with Crippen LogP contribution in [0.4, 0.5) is 5.69 Å². The first-order chi connectivity index (χ1) is 15.4. The lowest BCUT2D eigenvalue weighted by Gasteiger charge is -2.41. The van der Waals surface area contributed by atoms with Crippen LogP contribution in [0.2, 0.25) is 0 Å². The second-order valence-electron chi connectivity index (χ2n) is 7.63. The minimum absolute atomic E-state index is 0.0578. The molecule has 6 heteroatoms. The molecule has 0 aliphatic heterocycles. The molecule has 0 fully saturated rings. The monoisotopic (exact) mass is 435 g/mol. The van der Waals surface area contributed by atoms with E-state index in [1.54, 1.807) is 31.4 Å². The van der Waals surface area contributed by atoms with E-state index in [4.69, 9.17) is 14.2 Å². The molecule has 0 unspecified atom stereocenters. The number of carbonyl (C=O) groups excluding carboxylic acids is 1. The Morgan fingerprint density at radius 3 is 2.09 bits per heavy atom. The van der Waals surface area contributed by atoms with Crippen LogP contribution < -0.4 is 10.1 Å². The Balaban J connectivity index is 2.28. The summed E-state index contributed by atoms with van der Waals surface area (Å²) in [5.41, 5.74) is 0.305. The van der Waals surface area contributed by atoms with E-state index in [0.717, 1.165) is 5.56 Å². The molecule has 168 valence electrons. The third kappa shape index (κ3) is 4.70. The van der Waals surface area contributed by atoms with Crippen molar-refractivity contribution < 1.29 is 24.1 Å². The van der Waals surface area contributed by atoms with Crippen molar-refractivity contribution in [2.24, 2.45) is 0 Å². The molecule has 3 aromatic carbocycles. The summed E-state index contributed by atoms with van der Waals surface area (Å²) in [7, 11) is 2.94. The minimum Gasteiger partial charge on any atom is -0.506 e. The second kappa shape index (κ2) is 10.2. The number of aromatic hydroxyl groups is 1. The van der Waals surface area contributed by atoms with E-state index in [0.29, 0.717) is 17.0 Å². The number of carbonyl (C=O) groups is 1. The average Bonchev–Trinajstić information content (AvgIpc) is 2.82. The third-order valence-electron chi connectivity index (χ3n) is 5.17. The molecule has 3 aromatic rings. The van der Waals surface area contributed by atoms with Gasteiger partial charge >= 0.3 is 5.97 Å². The van der Waals surface area contributed by atoms with E-state index in [9.17, 15) is 9.90 Å². The number of nitrogens with one attached hydrogen (secondary N) is 1. The van der Waals surface area contributed by atoms with Gasteiger partial charge in [0, 0.05) is 0 Å². The zero-order valence-electron chi connectivity index (χ0n) is 18.7. The Bertz CT molecular complexity index is 1020. The van der Waals surface area contributed by atoms with Crippen molar-refractivity contribution in [3.63, 3.8) is 0 Å².